The average molecular weight is 178 g/mol. The van der Waals surface area contributed by atoms with Crippen LogP contribution in [0.4, 0.5) is 0 Å². The fourth-order valence-electron chi connectivity index (χ4n) is 0.609. The van der Waals surface area contributed by atoms with E-state index in [1.54, 1.807) is 0 Å². The molecule has 0 aliphatic carbocycles. The molecule has 0 aromatic rings. The third-order valence-corrected chi connectivity index (χ3v) is 1.23. The molecule has 0 saturated heterocycles. The zero-order valence-electron chi connectivity index (χ0n) is 6.68. The summed E-state index contributed by atoms with van der Waals surface area (Å²) in [5.74, 6) is -2.46. The highest BCUT2D eigenvalue weighted by Crippen LogP contribution is 2.00. The molecule has 2 N–H and O–H groups in total. The van der Waals surface area contributed by atoms with Gasteiger partial charge in [0.1, 0.15) is 0 Å². The Bertz CT molecular complexity index is 177. The molecule has 0 aromatic heterocycles. The zero-order valence-corrected chi connectivity index (χ0v) is 6.68. The number of aliphatic hydroxyl groups excluding tert-OH is 1. The molecule has 0 rings (SSSR count). The Morgan fingerprint density at radius 1 is 1.33 bits per heavy atom. The number of carbonyl (C=O) groups is 2. The van der Waals surface area contributed by atoms with Gasteiger partial charge in [0.25, 0.3) is 0 Å². The van der Waals surface area contributed by atoms with Crippen molar-refractivity contribution in [1.29, 1.82) is 0 Å². The van der Waals surface area contributed by atoms with Gasteiger partial charge >= 0.3 is 11.9 Å². The molecule has 12 heavy (non-hydrogen) atoms. The molecule has 0 spiro atoms. The zero-order chi connectivity index (χ0) is 9.72. The highest BCUT2D eigenvalue weighted by Gasteiger charge is 2.32. The minimum atomic E-state index is -1.79. The first-order valence-electron chi connectivity index (χ1n) is 3.06. The van der Waals surface area contributed by atoms with Crippen LogP contribution in [-0.4, -0.2) is 48.6 Å². The summed E-state index contributed by atoms with van der Waals surface area (Å²) in [6, 6.07) is 0. The summed E-state index contributed by atoms with van der Waals surface area (Å²) in [5, 5.41) is 17.4. The predicted octanol–water partition coefficient (Wildman–Crippen LogP) is -1.38. The second-order valence-corrected chi connectivity index (χ2v) is 1.96. The molecule has 6 nitrogen and oxygen atoms in total. The van der Waals surface area contributed by atoms with Crippen LogP contribution in [0.15, 0.2) is 0 Å². The van der Waals surface area contributed by atoms with Crippen LogP contribution >= 0.6 is 0 Å². The number of hydrogen-bond donors (Lipinski definition) is 2. The van der Waals surface area contributed by atoms with Crippen molar-refractivity contribution >= 4 is 11.9 Å². The summed E-state index contributed by atoms with van der Waals surface area (Å²) < 4.78 is 8.46. The Morgan fingerprint density at radius 3 is 2.08 bits per heavy atom. The van der Waals surface area contributed by atoms with Gasteiger partial charge in [-0.25, -0.2) is 9.59 Å². The number of esters is 1. The molecule has 0 unspecified atom stereocenters. The maximum Gasteiger partial charge on any atom is 0.338 e. The van der Waals surface area contributed by atoms with E-state index in [-0.39, 0.29) is 0 Å². The summed E-state index contributed by atoms with van der Waals surface area (Å²) in [6.45, 7) is 0. The second kappa shape index (κ2) is 4.68. The Balaban J connectivity index is 4.30. The number of aliphatic carboxylic acids is 1. The van der Waals surface area contributed by atoms with Crippen LogP contribution < -0.4 is 0 Å². The quantitative estimate of drug-likeness (QED) is 0.515. The summed E-state index contributed by atoms with van der Waals surface area (Å²) in [6.07, 6.45) is -3.38. The predicted molar refractivity (Wildman–Crippen MR) is 36.5 cm³/mol. The van der Waals surface area contributed by atoms with Gasteiger partial charge in [0, 0.05) is 7.11 Å². The molecule has 6 heteroatoms. The van der Waals surface area contributed by atoms with Crippen LogP contribution in [0, 0.1) is 0 Å². The highest BCUT2D eigenvalue weighted by atomic mass is 16.6. The summed E-state index contributed by atoms with van der Waals surface area (Å²) in [4.78, 5) is 20.9. The Hall–Kier alpha value is -1.14. The molecule has 0 aliphatic heterocycles. The lowest BCUT2D eigenvalue weighted by Crippen LogP contribution is -2.41. The first kappa shape index (κ1) is 10.9. The van der Waals surface area contributed by atoms with Crippen molar-refractivity contribution in [3.63, 3.8) is 0 Å². The minimum absolute atomic E-state index is 1.04. The van der Waals surface area contributed by atoms with Crippen molar-refractivity contribution in [3.05, 3.63) is 0 Å². The van der Waals surface area contributed by atoms with Crippen LogP contribution in [0.1, 0.15) is 0 Å². The van der Waals surface area contributed by atoms with Gasteiger partial charge in [0.15, 0.2) is 12.2 Å². The molecular weight excluding hydrogens is 168 g/mol. The average Bonchev–Trinajstić information content (AvgIpc) is 2.03. The van der Waals surface area contributed by atoms with E-state index in [1.807, 2.05) is 0 Å². The first-order chi connectivity index (χ1) is 5.54. The normalized spacial score (nSPS) is 14.9. The van der Waals surface area contributed by atoms with Crippen LogP contribution in [0.3, 0.4) is 0 Å². The van der Waals surface area contributed by atoms with Gasteiger partial charge in [-0.1, -0.05) is 0 Å². The van der Waals surface area contributed by atoms with Gasteiger partial charge in [0.05, 0.1) is 7.11 Å². The third-order valence-electron chi connectivity index (χ3n) is 1.23. The largest absolute Gasteiger partial charge is 0.479 e. The standard InChI is InChI=1S/C6H10O6/c1-11-4(5(8)9)3(7)6(10)12-2/h3-4,7H,1-2H3,(H,8,9)/t3-,4+/m1/s1. The van der Waals surface area contributed by atoms with E-state index in [2.05, 4.69) is 9.47 Å². The number of carbonyl (C=O) groups excluding carboxylic acids is 1. The van der Waals surface area contributed by atoms with Gasteiger partial charge in [-0.05, 0) is 0 Å². The van der Waals surface area contributed by atoms with Crippen molar-refractivity contribution in [2.75, 3.05) is 14.2 Å². The highest BCUT2D eigenvalue weighted by molar-refractivity contribution is 5.84. The summed E-state index contributed by atoms with van der Waals surface area (Å²) >= 11 is 0. The van der Waals surface area contributed by atoms with Crippen molar-refractivity contribution in [2.24, 2.45) is 0 Å². The number of ether oxygens (including phenoxy) is 2. The number of methoxy groups -OCH3 is 2. The topological polar surface area (TPSA) is 93.1 Å². The maximum atomic E-state index is 10.6. The van der Waals surface area contributed by atoms with E-state index in [0.717, 1.165) is 14.2 Å². The smallest absolute Gasteiger partial charge is 0.338 e. The van der Waals surface area contributed by atoms with Crippen LogP contribution in [0.25, 0.3) is 0 Å². The van der Waals surface area contributed by atoms with E-state index in [9.17, 15) is 9.59 Å². The lowest BCUT2D eigenvalue weighted by Gasteiger charge is -2.14. The SMILES string of the molecule is COC(=O)[C@H](O)[C@H](OC)C(=O)O. The Labute approximate surface area is 68.7 Å². The molecule has 0 radical (unpaired) electrons. The van der Waals surface area contributed by atoms with E-state index in [4.69, 9.17) is 10.2 Å². The number of carboxylic acid groups (broad SMARTS) is 1. The molecule has 0 saturated carbocycles. The molecular formula is C6H10O6. The lowest BCUT2D eigenvalue weighted by atomic mass is 10.2. The molecule has 0 bridgehead atoms. The minimum Gasteiger partial charge on any atom is -0.479 e. The van der Waals surface area contributed by atoms with Gasteiger partial charge in [-0.3, -0.25) is 0 Å². The number of aliphatic hydroxyl groups is 1. The fourth-order valence-corrected chi connectivity index (χ4v) is 0.609. The van der Waals surface area contributed by atoms with Gasteiger partial charge in [-0.2, -0.15) is 0 Å². The van der Waals surface area contributed by atoms with E-state index >= 15 is 0 Å². The molecule has 0 aromatic carbocycles. The van der Waals surface area contributed by atoms with Gasteiger partial charge in [-0.15, -0.1) is 0 Å². The van der Waals surface area contributed by atoms with Crippen molar-refractivity contribution in [3.8, 4) is 0 Å². The van der Waals surface area contributed by atoms with Gasteiger partial charge < -0.3 is 19.7 Å². The van der Waals surface area contributed by atoms with E-state index in [1.165, 1.54) is 0 Å². The number of hydrogen-bond acceptors (Lipinski definition) is 5. The second-order valence-electron chi connectivity index (χ2n) is 1.96. The molecule has 0 fully saturated rings. The monoisotopic (exact) mass is 178 g/mol. The summed E-state index contributed by atoms with van der Waals surface area (Å²) in [5.41, 5.74) is 0. The number of carboxylic acids is 1. The lowest BCUT2D eigenvalue weighted by molar-refractivity contribution is -0.170. The maximum absolute atomic E-state index is 10.6. The molecule has 0 amide bonds. The fraction of sp³-hybridized carbons (Fsp3) is 0.667. The molecule has 0 heterocycles. The van der Waals surface area contributed by atoms with E-state index in [0.29, 0.717) is 0 Å². The Morgan fingerprint density at radius 2 is 1.83 bits per heavy atom. The molecule has 0 aliphatic rings. The molecule has 70 valence electrons. The van der Waals surface area contributed by atoms with Crippen LogP contribution in [-0.2, 0) is 19.1 Å². The van der Waals surface area contributed by atoms with Crippen molar-refractivity contribution in [1.82, 2.24) is 0 Å². The first-order valence-corrected chi connectivity index (χ1v) is 3.06. The van der Waals surface area contributed by atoms with Crippen LogP contribution in [0.2, 0.25) is 0 Å². The van der Waals surface area contributed by atoms with Crippen molar-refractivity contribution in [2.45, 2.75) is 12.2 Å². The summed E-state index contributed by atoms with van der Waals surface area (Å²) in [7, 11) is 2.12. The number of rotatable bonds is 4. The van der Waals surface area contributed by atoms with E-state index < -0.39 is 24.1 Å². The third kappa shape index (κ3) is 2.48. The molecule has 2 atom stereocenters. The van der Waals surface area contributed by atoms with Crippen LogP contribution in [0.5, 0.6) is 0 Å². The Kier molecular flexibility index (Phi) is 4.24. The van der Waals surface area contributed by atoms with Gasteiger partial charge in [0.2, 0.25) is 0 Å². The van der Waals surface area contributed by atoms with Crippen molar-refractivity contribution < 1.29 is 29.3 Å².